The van der Waals surface area contributed by atoms with Gasteiger partial charge in [0.05, 0.1) is 17.5 Å². The minimum absolute atomic E-state index is 0.0813. The molecule has 2 aromatic rings. The van der Waals surface area contributed by atoms with E-state index in [9.17, 15) is 14.4 Å². The smallest absolute Gasteiger partial charge is 0.250 e. The van der Waals surface area contributed by atoms with Gasteiger partial charge in [0.25, 0.3) is 0 Å². The van der Waals surface area contributed by atoms with Gasteiger partial charge < -0.3 is 5.32 Å². The highest BCUT2D eigenvalue weighted by atomic mass is 16.2. The van der Waals surface area contributed by atoms with Gasteiger partial charge in [0.2, 0.25) is 17.7 Å². The van der Waals surface area contributed by atoms with Gasteiger partial charge in [0.15, 0.2) is 0 Å². The molecule has 4 aliphatic heterocycles. The maximum atomic E-state index is 13.8. The number of hydrogen-bond donors (Lipinski definition) is 1. The van der Waals surface area contributed by atoms with Crippen LogP contribution in [0.1, 0.15) is 30.9 Å². The lowest BCUT2D eigenvalue weighted by atomic mass is 9.75. The van der Waals surface area contributed by atoms with Crippen LogP contribution in [0.4, 0.5) is 11.4 Å². The van der Waals surface area contributed by atoms with Gasteiger partial charge in [-0.2, -0.15) is 0 Å². The number of hydrogen-bond acceptors (Lipinski definition) is 4. The van der Waals surface area contributed by atoms with Crippen LogP contribution in [0.3, 0.4) is 0 Å². The topological polar surface area (TPSA) is 69.7 Å². The van der Waals surface area contributed by atoms with Crippen LogP contribution < -0.4 is 10.2 Å². The molecule has 0 radical (unpaired) electrons. The van der Waals surface area contributed by atoms with Gasteiger partial charge in [0, 0.05) is 17.3 Å². The second-order valence-electron chi connectivity index (χ2n) is 8.71. The quantitative estimate of drug-likeness (QED) is 0.786. The molecule has 4 atom stereocenters. The fraction of sp³-hybridized carbons (Fsp3) is 0.375. The Morgan fingerprint density at radius 2 is 1.87 bits per heavy atom. The molecule has 1 spiro atoms. The zero-order valence-corrected chi connectivity index (χ0v) is 16.8. The predicted octanol–water partition coefficient (Wildman–Crippen LogP) is 2.68. The largest absolute Gasteiger partial charge is 0.324 e. The first-order chi connectivity index (χ1) is 14.6. The van der Waals surface area contributed by atoms with Crippen LogP contribution in [-0.4, -0.2) is 35.2 Å². The molecule has 0 aliphatic carbocycles. The number of rotatable bonds is 2. The predicted molar refractivity (Wildman–Crippen MR) is 112 cm³/mol. The first-order valence-corrected chi connectivity index (χ1v) is 10.7. The van der Waals surface area contributed by atoms with Crippen LogP contribution in [0.15, 0.2) is 48.5 Å². The first-order valence-electron chi connectivity index (χ1n) is 10.7. The lowest BCUT2D eigenvalue weighted by Gasteiger charge is -2.36. The van der Waals surface area contributed by atoms with Gasteiger partial charge in [-0.3, -0.25) is 19.3 Å². The summed E-state index contributed by atoms with van der Waals surface area (Å²) in [7, 11) is 0. The first kappa shape index (κ1) is 17.8. The number of nitrogens with zero attached hydrogens (tertiary/aromatic N) is 2. The van der Waals surface area contributed by atoms with E-state index in [4.69, 9.17) is 0 Å². The fourth-order valence-corrected chi connectivity index (χ4v) is 6.30. The monoisotopic (exact) mass is 401 g/mol. The molecule has 0 aromatic heterocycles. The van der Waals surface area contributed by atoms with Crippen LogP contribution in [0.25, 0.3) is 0 Å². The molecule has 2 aromatic carbocycles. The number of nitrogens with one attached hydrogen (secondary N) is 1. The van der Waals surface area contributed by atoms with Crippen molar-refractivity contribution in [1.29, 1.82) is 0 Å². The number of fused-ring (bicyclic) bond motifs is 7. The summed E-state index contributed by atoms with van der Waals surface area (Å²) in [6.07, 6.45) is 2.61. The molecule has 6 rings (SSSR count). The molecule has 0 unspecified atom stereocenters. The summed E-state index contributed by atoms with van der Waals surface area (Å²) in [4.78, 5) is 44.5. The van der Waals surface area contributed by atoms with E-state index in [2.05, 4.69) is 23.2 Å². The van der Waals surface area contributed by atoms with Crippen molar-refractivity contribution in [2.75, 3.05) is 16.8 Å². The summed E-state index contributed by atoms with van der Waals surface area (Å²) in [6.45, 7) is 2.81. The van der Waals surface area contributed by atoms with Gasteiger partial charge in [-0.1, -0.05) is 37.3 Å². The molecule has 3 amide bonds. The fourth-order valence-electron chi connectivity index (χ4n) is 6.30. The van der Waals surface area contributed by atoms with E-state index in [1.807, 2.05) is 30.3 Å². The van der Waals surface area contributed by atoms with Gasteiger partial charge in [-0.05, 0) is 49.6 Å². The Balaban J connectivity index is 1.57. The van der Waals surface area contributed by atoms with Crippen LogP contribution in [0.2, 0.25) is 0 Å². The summed E-state index contributed by atoms with van der Waals surface area (Å²) in [5.41, 5.74) is 2.25. The minimum Gasteiger partial charge on any atom is -0.324 e. The van der Waals surface area contributed by atoms with Crippen molar-refractivity contribution in [3.63, 3.8) is 0 Å². The molecular weight excluding hydrogens is 378 g/mol. The summed E-state index contributed by atoms with van der Waals surface area (Å²) in [5.74, 6) is -1.76. The molecule has 6 heteroatoms. The molecular formula is C24H23N3O3. The third-order valence-electron chi connectivity index (χ3n) is 7.48. The van der Waals surface area contributed by atoms with Crippen molar-refractivity contribution in [3.8, 4) is 0 Å². The van der Waals surface area contributed by atoms with E-state index in [0.29, 0.717) is 5.69 Å². The van der Waals surface area contributed by atoms with E-state index >= 15 is 0 Å². The molecule has 3 fully saturated rings. The highest BCUT2D eigenvalue weighted by Gasteiger charge is 2.74. The molecule has 0 saturated carbocycles. The van der Waals surface area contributed by atoms with E-state index in [0.717, 1.165) is 42.6 Å². The summed E-state index contributed by atoms with van der Waals surface area (Å²) in [6, 6.07) is 15.0. The number of carbonyl (C=O) groups is 3. The average Bonchev–Trinajstić information content (AvgIpc) is 3.46. The number of benzene rings is 2. The third kappa shape index (κ3) is 1.95. The van der Waals surface area contributed by atoms with Crippen molar-refractivity contribution in [3.05, 3.63) is 59.7 Å². The number of para-hydroxylation sites is 1. The normalized spacial score (nSPS) is 32.0. The number of anilines is 2. The Bertz CT molecular complexity index is 1100. The second-order valence-corrected chi connectivity index (χ2v) is 8.71. The lowest BCUT2D eigenvalue weighted by Crippen LogP contribution is -2.54. The molecule has 0 bridgehead atoms. The van der Waals surface area contributed by atoms with Gasteiger partial charge in [-0.25, -0.2) is 4.90 Å². The molecule has 30 heavy (non-hydrogen) atoms. The van der Waals surface area contributed by atoms with Crippen LogP contribution in [-0.2, 0) is 26.3 Å². The molecule has 6 nitrogen and oxygen atoms in total. The Kier molecular flexibility index (Phi) is 3.58. The molecule has 3 saturated heterocycles. The number of aryl methyl sites for hydroxylation is 1. The van der Waals surface area contributed by atoms with Crippen molar-refractivity contribution in [2.24, 2.45) is 11.8 Å². The van der Waals surface area contributed by atoms with Crippen LogP contribution in [0.5, 0.6) is 0 Å². The number of imide groups is 1. The zero-order valence-electron chi connectivity index (χ0n) is 16.8. The summed E-state index contributed by atoms with van der Waals surface area (Å²) in [5, 5.41) is 3.03. The Morgan fingerprint density at radius 1 is 1.07 bits per heavy atom. The van der Waals surface area contributed by atoms with E-state index in [1.54, 1.807) is 12.1 Å². The van der Waals surface area contributed by atoms with Gasteiger partial charge >= 0.3 is 0 Å². The standard InChI is InChI=1S/C24H23N3O3/c1-2-14-10-11-17-16(13-14)24(23(30)25-17)20-19(18-9-6-12-26(18)24)21(28)27(22(20)29)15-7-4-3-5-8-15/h3-5,7-8,10-11,13,18-20H,2,6,9,12H2,1H3,(H,25,30)/t18-,19+,20-,24-/m0/s1. The Morgan fingerprint density at radius 3 is 2.63 bits per heavy atom. The molecule has 1 N–H and O–H groups in total. The third-order valence-corrected chi connectivity index (χ3v) is 7.48. The SMILES string of the molecule is CCc1ccc2c(c1)[C@@]1(C(=O)N2)[C@@H]2C(=O)N(c3ccccc3)C(=O)[C@@H]2[C@@H]2CCCN21. The molecule has 152 valence electrons. The maximum absolute atomic E-state index is 13.8. The average molecular weight is 401 g/mol. The van der Waals surface area contributed by atoms with Crippen molar-refractivity contribution >= 4 is 29.1 Å². The highest BCUT2D eigenvalue weighted by molar-refractivity contribution is 6.25. The van der Waals surface area contributed by atoms with E-state index in [-0.39, 0.29) is 23.8 Å². The Hall–Kier alpha value is -2.99. The minimum atomic E-state index is -1.09. The lowest BCUT2D eigenvalue weighted by molar-refractivity contribution is -0.135. The Labute approximate surface area is 174 Å². The number of amides is 3. The zero-order chi connectivity index (χ0) is 20.6. The number of carbonyl (C=O) groups excluding carboxylic acids is 3. The molecule has 4 heterocycles. The van der Waals surface area contributed by atoms with Crippen LogP contribution in [0, 0.1) is 11.8 Å². The van der Waals surface area contributed by atoms with Gasteiger partial charge in [0.1, 0.15) is 5.54 Å². The molecule has 4 aliphatic rings. The van der Waals surface area contributed by atoms with Crippen molar-refractivity contribution in [1.82, 2.24) is 4.90 Å². The van der Waals surface area contributed by atoms with E-state index < -0.39 is 17.4 Å². The highest BCUT2D eigenvalue weighted by Crippen LogP contribution is 2.60. The van der Waals surface area contributed by atoms with E-state index in [1.165, 1.54) is 4.90 Å². The van der Waals surface area contributed by atoms with Gasteiger partial charge in [-0.15, -0.1) is 0 Å². The summed E-state index contributed by atoms with van der Waals surface area (Å²) < 4.78 is 0. The maximum Gasteiger partial charge on any atom is 0.250 e. The second kappa shape index (κ2) is 6.01. The van der Waals surface area contributed by atoms with Crippen molar-refractivity contribution < 1.29 is 14.4 Å². The van der Waals surface area contributed by atoms with Crippen molar-refractivity contribution in [2.45, 2.75) is 37.8 Å². The summed E-state index contributed by atoms with van der Waals surface area (Å²) >= 11 is 0. The van der Waals surface area contributed by atoms with Crippen LogP contribution >= 0.6 is 0 Å².